The van der Waals surface area contributed by atoms with E-state index >= 15 is 0 Å². The second-order valence-corrected chi connectivity index (χ2v) is 5.92. The van der Waals surface area contributed by atoms with Crippen LogP contribution in [-0.2, 0) is 9.53 Å². The number of aldehydes is 1. The van der Waals surface area contributed by atoms with Gasteiger partial charge < -0.3 is 9.53 Å². The number of carbonyl (C=O) groups excluding carboxylic acids is 1. The second-order valence-electron chi connectivity index (χ2n) is 4.76. The Morgan fingerprint density at radius 1 is 1.18 bits per heavy atom. The monoisotopic (exact) mass is 280 g/mol. The van der Waals surface area contributed by atoms with Crippen LogP contribution in [0.15, 0.2) is 0 Å². The molecule has 0 N–H and O–H groups in total. The number of halogens is 2. The lowest BCUT2D eigenvalue weighted by molar-refractivity contribution is -0.111. The van der Waals surface area contributed by atoms with Crippen molar-refractivity contribution in [2.45, 2.75) is 62.3 Å². The maximum absolute atomic E-state index is 10.7. The standard InChI is InChI=1S/C13H22Cl2O2/c14-13(15)11(10-16)6-4-5-9-17-12-7-2-1-3-8-12/h10-13H,1-9H2. The van der Waals surface area contributed by atoms with Gasteiger partial charge in [0.05, 0.1) is 6.10 Å². The minimum absolute atomic E-state index is 0.229. The average Bonchev–Trinajstić information content (AvgIpc) is 2.34. The largest absolute Gasteiger partial charge is 0.378 e. The molecule has 0 amide bonds. The van der Waals surface area contributed by atoms with Crippen LogP contribution in [0.4, 0.5) is 0 Å². The third kappa shape index (κ3) is 6.64. The van der Waals surface area contributed by atoms with Crippen molar-refractivity contribution in [3.8, 4) is 0 Å². The van der Waals surface area contributed by atoms with Gasteiger partial charge in [0.1, 0.15) is 11.1 Å². The first-order chi connectivity index (χ1) is 8.24. The van der Waals surface area contributed by atoms with Gasteiger partial charge in [0.2, 0.25) is 0 Å². The Hall–Kier alpha value is 0.210. The molecule has 2 nitrogen and oxygen atoms in total. The minimum Gasteiger partial charge on any atom is -0.378 e. The molecular formula is C13H22Cl2O2. The Morgan fingerprint density at radius 3 is 2.47 bits per heavy atom. The van der Waals surface area contributed by atoms with E-state index in [2.05, 4.69) is 0 Å². The van der Waals surface area contributed by atoms with Crippen molar-refractivity contribution in [2.24, 2.45) is 5.92 Å². The molecule has 1 saturated carbocycles. The molecule has 0 aliphatic heterocycles. The van der Waals surface area contributed by atoms with Gasteiger partial charge in [-0.3, -0.25) is 0 Å². The van der Waals surface area contributed by atoms with Crippen LogP contribution in [0.3, 0.4) is 0 Å². The molecule has 1 aliphatic rings. The van der Waals surface area contributed by atoms with Gasteiger partial charge in [-0.2, -0.15) is 0 Å². The number of hydrogen-bond acceptors (Lipinski definition) is 2. The fourth-order valence-corrected chi connectivity index (χ4v) is 2.59. The van der Waals surface area contributed by atoms with E-state index in [1.54, 1.807) is 0 Å². The van der Waals surface area contributed by atoms with Gasteiger partial charge in [-0.15, -0.1) is 23.2 Å². The van der Waals surface area contributed by atoms with Crippen molar-refractivity contribution in [3.63, 3.8) is 0 Å². The van der Waals surface area contributed by atoms with E-state index in [1.165, 1.54) is 32.1 Å². The van der Waals surface area contributed by atoms with E-state index in [4.69, 9.17) is 27.9 Å². The first kappa shape index (κ1) is 15.3. The van der Waals surface area contributed by atoms with E-state index in [0.29, 0.717) is 6.10 Å². The maximum atomic E-state index is 10.7. The molecule has 1 atom stereocenters. The van der Waals surface area contributed by atoms with Gasteiger partial charge in [-0.1, -0.05) is 25.7 Å². The van der Waals surface area contributed by atoms with Crippen LogP contribution in [0.2, 0.25) is 0 Å². The number of ether oxygens (including phenoxy) is 1. The fourth-order valence-electron chi connectivity index (χ4n) is 2.22. The summed E-state index contributed by atoms with van der Waals surface area (Å²) < 4.78 is 5.80. The highest BCUT2D eigenvalue weighted by atomic mass is 35.5. The second kappa shape index (κ2) is 9.18. The van der Waals surface area contributed by atoms with Gasteiger partial charge in [0.25, 0.3) is 0 Å². The summed E-state index contributed by atoms with van der Waals surface area (Å²) >= 11 is 11.4. The first-order valence-corrected chi connectivity index (χ1v) is 7.46. The zero-order valence-electron chi connectivity index (χ0n) is 10.2. The van der Waals surface area contributed by atoms with E-state index in [9.17, 15) is 4.79 Å². The lowest BCUT2D eigenvalue weighted by Crippen LogP contribution is -2.17. The Balaban J connectivity index is 1.98. The van der Waals surface area contributed by atoms with E-state index in [1.807, 2.05) is 0 Å². The Morgan fingerprint density at radius 2 is 1.88 bits per heavy atom. The number of unbranched alkanes of at least 4 members (excludes halogenated alkanes) is 1. The number of alkyl halides is 2. The van der Waals surface area contributed by atoms with E-state index < -0.39 is 4.84 Å². The lowest BCUT2D eigenvalue weighted by atomic mass is 9.98. The third-order valence-electron chi connectivity index (χ3n) is 3.34. The highest BCUT2D eigenvalue weighted by Gasteiger charge is 2.16. The Labute approximate surface area is 114 Å². The summed E-state index contributed by atoms with van der Waals surface area (Å²) in [7, 11) is 0. The molecule has 0 spiro atoms. The van der Waals surface area contributed by atoms with Gasteiger partial charge in [0.15, 0.2) is 0 Å². The number of hydrogen-bond donors (Lipinski definition) is 0. The van der Waals surface area contributed by atoms with Crippen molar-refractivity contribution in [2.75, 3.05) is 6.61 Å². The maximum Gasteiger partial charge on any atom is 0.125 e. The summed E-state index contributed by atoms with van der Waals surface area (Å²) in [5, 5.41) is 0. The zero-order valence-corrected chi connectivity index (χ0v) is 11.8. The van der Waals surface area contributed by atoms with Crippen LogP contribution in [0, 0.1) is 5.92 Å². The topological polar surface area (TPSA) is 26.3 Å². The molecule has 0 saturated heterocycles. The molecule has 1 unspecified atom stereocenters. The van der Waals surface area contributed by atoms with Gasteiger partial charge in [-0.05, 0) is 25.7 Å². The van der Waals surface area contributed by atoms with Crippen LogP contribution < -0.4 is 0 Å². The molecule has 0 aromatic rings. The highest BCUT2D eigenvalue weighted by molar-refractivity contribution is 6.45. The van der Waals surface area contributed by atoms with Gasteiger partial charge in [0, 0.05) is 12.5 Å². The molecule has 100 valence electrons. The van der Waals surface area contributed by atoms with Crippen molar-refractivity contribution in [1.29, 1.82) is 0 Å². The van der Waals surface area contributed by atoms with Gasteiger partial charge in [-0.25, -0.2) is 0 Å². The molecule has 17 heavy (non-hydrogen) atoms. The molecular weight excluding hydrogens is 259 g/mol. The summed E-state index contributed by atoms with van der Waals surface area (Å²) in [4.78, 5) is 10.1. The Kier molecular flexibility index (Phi) is 8.25. The van der Waals surface area contributed by atoms with Crippen LogP contribution in [0.5, 0.6) is 0 Å². The molecule has 1 fully saturated rings. The third-order valence-corrected chi connectivity index (χ3v) is 3.98. The molecule has 0 radical (unpaired) electrons. The molecule has 0 aromatic heterocycles. The smallest absolute Gasteiger partial charge is 0.125 e. The quantitative estimate of drug-likeness (QED) is 0.380. The van der Waals surface area contributed by atoms with Crippen molar-refractivity contribution < 1.29 is 9.53 Å². The molecule has 4 heteroatoms. The number of carbonyl (C=O) groups is 1. The van der Waals surface area contributed by atoms with E-state index in [0.717, 1.165) is 32.2 Å². The summed E-state index contributed by atoms with van der Waals surface area (Å²) in [6, 6.07) is 0. The molecule has 0 bridgehead atoms. The molecule has 0 aromatic carbocycles. The fraction of sp³-hybridized carbons (Fsp3) is 0.923. The zero-order chi connectivity index (χ0) is 12.5. The lowest BCUT2D eigenvalue weighted by Gasteiger charge is -2.22. The summed E-state index contributed by atoms with van der Waals surface area (Å²) in [6.45, 7) is 0.797. The van der Waals surface area contributed by atoms with Crippen molar-refractivity contribution in [3.05, 3.63) is 0 Å². The number of rotatable bonds is 8. The predicted octanol–water partition coefficient (Wildman–Crippen LogP) is 4.12. The summed E-state index contributed by atoms with van der Waals surface area (Å²) in [5.74, 6) is -0.229. The predicted molar refractivity (Wildman–Crippen MR) is 71.7 cm³/mol. The molecule has 1 rings (SSSR count). The van der Waals surface area contributed by atoms with Gasteiger partial charge >= 0.3 is 0 Å². The summed E-state index contributed by atoms with van der Waals surface area (Å²) in [6.07, 6.45) is 10.4. The van der Waals surface area contributed by atoms with Crippen LogP contribution >= 0.6 is 23.2 Å². The SMILES string of the molecule is O=CC(CCCCOC1CCCCC1)C(Cl)Cl. The summed E-state index contributed by atoms with van der Waals surface area (Å²) in [5.41, 5.74) is 0. The molecule has 0 heterocycles. The van der Waals surface area contributed by atoms with E-state index in [-0.39, 0.29) is 5.92 Å². The normalized spacial score (nSPS) is 19.5. The minimum atomic E-state index is -0.577. The first-order valence-electron chi connectivity index (χ1n) is 6.59. The van der Waals surface area contributed by atoms with Crippen molar-refractivity contribution in [1.82, 2.24) is 0 Å². The van der Waals surface area contributed by atoms with Crippen LogP contribution in [0.1, 0.15) is 51.4 Å². The average molecular weight is 281 g/mol. The van der Waals surface area contributed by atoms with Crippen LogP contribution in [-0.4, -0.2) is 23.8 Å². The van der Waals surface area contributed by atoms with Crippen molar-refractivity contribution >= 4 is 29.5 Å². The highest BCUT2D eigenvalue weighted by Crippen LogP contribution is 2.21. The Bertz CT molecular complexity index is 204. The molecule has 1 aliphatic carbocycles. The van der Waals surface area contributed by atoms with Crippen LogP contribution in [0.25, 0.3) is 0 Å².